The van der Waals surface area contributed by atoms with Crippen LogP contribution in [0.3, 0.4) is 0 Å². The molecule has 0 saturated carbocycles. The van der Waals surface area contributed by atoms with Gasteiger partial charge in [-0.2, -0.15) is 9.45 Å². The molecule has 0 atom stereocenters. The monoisotopic (exact) mass is 606 g/mol. The highest BCUT2D eigenvalue weighted by molar-refractivity contribution is 8.00. The van der Waals surface area contributed by atoms with E-state index >= 15 is 0 Å². The van der Waals surface area contributed by atoms with Gasteiger partial charge in [0.15, 0.2) is 0 Å². The second kappa shape index (κ2) is 15.0. The highest BCUT2D eigenvalue weighted by atomic mass is 32.2. The molecule has 2 aromatic carbocycles. The molecule has 10 nitrogen and oxygen atoms in total. The Morgan fingerprint density at radius 2 is 1.84 bits per heavy atom. The number of anilines is 1. The van der Waals surface area contributed by atoms with E-state index in [2.05, 4.69) is 22.0 Å². The number of unbranched alkanes of at least 4 members (excludes halogenated alkanes) is 1. The first-order valence-electron chi connectivity index (χ1n) is 14.3. The zero-order valence-corrected chi connectivity index (χ0v) is 26.0. The summed E-state index contributed by atoms with van der Waals surface area (Å²) in [6, 6.07) is 13.8. The highest BCUT2D eigenvalue weighted by Crippen LogP contribution is 2.38. The molecule has 0 aliphatic rings. The minimum absolute atomic E-state index is 0.196. The molecule has 0 fully saturated rings. The summed E-state index contributed by atoms with van der Waals surface area (Å²) in [5.74, 6) is 0.982. The van der Waals surface area contributed by atoms with Crippen molar-refractivity contribution in [3.05, 3.63) is 82.0 Å². The summed E-state index contributed by atoms with van der Waals surface area (Å²) in [7, 11) is 0. The molecule has 0 aliphatic carbocycles. The number of hydrogen-bond acceptors (Lipinski definition) is 10. The number of aromatic nitrogens is 3. The van der Waals surface area contributed by atoms with E-state index in [4.69, 9.17) is 14.0 Å². The lowest BCUT2D eigenvalue weighted by Gasteiger charge is -2.18. The smallest absolute Gasteiger partial charge is 0.308 e. The zero-order chi connectivity index (χ0) is 30.9. The van der Waals surface area contributed by atoms with E-state index in [0.717, 1.165) is 62.0 Å². The Bertz CT molecular complexity index is 1560. The van der Waals surface area contributed by atoms with Crippen LogP contribution in [0.5, 0.6) is 5.88 Å². The molecule has 4 aromatic rings. The summed E-state index contributed by atoms with van der Waals surface area (Å²) in [6.07, 6.45) is 2.42. The lowest BCUT2D eigenvalue weighted by Crippen LogP contribution is -2.11. The number of aryl methyl sites for hydroxylation is 3. The Labute approximate surface area is 256 Å². The number of aliphatic carboxylic acids is 1. The third kappa shape index (κ3) is 8.13. The first-order valence-corrected chi connectivity index (χ1v) is 15.1. The molecule has 43 heavy (non-hydrogen) atoms. The fourth-order valence-corrected chi connectivity index (χ4v) is 5.38. The molecule has 2 heterocycles. The van der Waals surface area contributed by atoms with Gasteiger partial charge in [-0.3, -0.25) is 10.0 Å². The minimum Gasteiger partial charge on any atom is -0.481 e. The Hall–Kier alpha value is -3.93. The average molecular weight is 607 g/mol. The maximum absolute atomic E-state index is 11.6. The predicted octanol–water partition coefficient (Wildman–Crippen LogP) is 7.04. The van der Waals surface area contributed by atoms with Crippen LogP contribution in [0.2, 0.25) is 0 Å². The molecular formula is C32H38N4O6S. The van der Waals surface area contributed by atoms with Crippen LogP contribution in [0.1, 0.15) is 66.2 Å². The van der Waals surface area contributed by atoms with Crippen molar-refractivity contribution < 1.29 is 29.1 Å². The molecule has 11 heteroatoms. The fourth-order valence-electron chi connectivity index (χ4n) is 4.52. The van der Waals surface area contributed by atoms with Crippen LogP contribution in [-0.4, -0.2) is 38.0 Å². The van der Waals surface area contributed by atoms with Crippen molar-refractivity contribution in [3.8, 4) is 17.0 Å². The van der Waals surface area contributed by atoms with E-state index < -0.39 is 5.97 Å². The predicted molar refractivity (Wildman–Crippen MR) is 164 cm³/mol. The number of carbonyl (C=O) groups is 1. The number of nitrogens with zero attached hydrogens (tertiary/aromatic N) is 4. The van der Waals surface area contributed by atoms with Crippen LogP contribution in [-0.2, 0) is 35.6 Å². The molecule has 0 aliphatic heterocycles. The molecule has 0 radical (unpaired) electrons. The van der Waals surface area contributed by atoms with Gasteiger partial charge in [-0.05, 0) is 68.5 Å². The number of rotatable bonds is 15. The van der Waals surface area contributed by atoms with Crippen molar-refractivity contribution in [2.75, 3.05) is 11.1 Å². The Kier molecular flexibility index (Phi) is 11.2. The van der Waals surface area contributed by atoms with Crippen LogP contribution < -0.4 is 9.21 Å². The van der Waals surface area contributed by atoms with Gasteiger partial charge in [0, 0.05) is 46.7 Å². The fraction of sp³-hybridized carbons (Fsp3) is 0.375. The Morgan fingerprint density at radius 3 is 2.53 bits per heavy atom. The average Bonchev–Trinajstić information content (AvgIpc) is 3.33. The second-order valence-electron chi connectivity index (χ2n) is 10.1. The lowest BCUT2D eigenvalue weighted by atomic mass is 9.98. The molecule has 4 rings (SSSR count). The van der Waals surface area contributed by atoms with Gasteiger partial charge in [0.05, 0.1) is 13.0 Å². The van der Waals surface area contributed by atoms with Crippen LogP contribution in [0.4, 0.5) is 5.82 Å². The van der Waals surface area contributed by atoms with Crippen molar-refractivity contribution >= 4 is 23.7 Å². The number of ether oxygens (including phenoxy) is 2. The molecule has 0 saturated heterocycles. The van der Waals surface area contributed by atoms with Crippen molar-refractivity contribution in [3.63, 3.8) is 0 Å². The summed E-state index contributed by atoms with van der Waals surface area (Å²) in [5.41, 5.74) is 5.56. The number of carboxylic acid groups (broad SMARTS) is 1. The summed E-state index contributed by atoms with van der Waals surface area (Å²) in [5, 5.41) is 24.3. The van der Waals surface area contributed by atoms with Gasteiger partial charge in [-0.15, -0.1) is 0 Å². The third-order valence-corrected chi connectivity index (χ3v) is 7.89. The van der Waals surface area contributed by atoms with Crippen LogP contribution >= 0.6 is 11.9 Å². The van der Waals surface area contributed by atoms with E-state index in [1.165, 1.54) is 0 Å². The number of hydrogen-bond donors (Lipinski definition) is 2. The van der Waals surface area contributed by atoms with Crippen LogP contribution in [0.15, 0.2) is 51.9 Å². The van der Waals surface area contributed by atoms with E-state index in [0.29, 0.717) is 54.2 Å². The summed E-state index contributed by atoms with van der Waals surface area (Å²) in [4.78, 5) is 21.5. The van der Waals surface area contributed by atoms with Gasteiger partial charge in [0.2, 0.25) is 11.7 Å². The molecular weight excluding hydrogens is 568 g/mol. The highest BCUT2D eigenvalue weighted by Gasteiger charge is 2.20. The normalized spacial score (nSPS) is 11.1. The van der Waals surface area contributed by atoms with Gasteiger partial charge >= 0.3 is 5.97 Å². The largest absolute Gasteiger partial charge is 0.481 e. The van der Waals surface area contributed by atoms with Crippen molar-refractivity contribution in [2.45, 2.75) is 78.4 Å². The Balaban J connectivity index is 1.63. The van der Waals surface area contributed by atoms with Gasteiger partial charge in [-0.1, -0.05) is 48.8 Å². The van der Waals surface area contributed by atoms with E-state index in [1.54, 1.807) is 13.8 Å². The van der Waals surface area contributed by atoms with Crippen LogP contribution in [0.25, 0.3) is 11.1 Å². The topological polar surface area (TPSA) is 131 Å². The van der Waals surface area contributed by atoms with Crippen LogP contribution in [0, 0.1) is 20.8 Å². The Morgan fingerprint density at radius 1 is 1.05 bits per heavy atom. The van der Waals surface area contributed by atoms with E-state index in [1.807, 2.05) is 56.3 Å². The number of benzene rings is 2. The summed E-state index contributed by atoms with van der Waals surface area (Å²) < 4.78 is 18.2. The molecule has 0 spiro atoms. The van der Waals surface area contributed by atoms with Gasteiger partial charge in [0.1, 0.15) is 18.2 Å². The van der Waals surface area contributed by atoms with Gasteiger partial charge < -0.3 is 19.1 Å². The summed E-state index contributed by atoms with van der Waals surface area (Å²) in [6.45, 7) is 10.6. The minimum atomic E-state index is -0.965. The lowest BCUT2D eigenvalue weighted by molar-refractivity contribution is -0.136. The molecule has 228 valence electrons. The molecule has 2 aromatic heterocycles. The number of carboxylic acids is 1. The van der Waals surface area contributed by atoms with E-state index in [9.17, 15) is 15.1 Å². The van der Waals surface area contributed by atoms with Crippen molar-refractivity contribution in [2.24, 2.45) is 0 Å². The molecule has 0 bridgehead atoms. The zero-order valence-electron chi connectivity index (χ0n) is 25.2. The maximum atomic E-state index is 11.6. The van der Waals surface area contributed by atoms with Crippen molar-refractivity contribution in [1.82, 2.24) is 15.1 Å². The molecule has 0 unspecified atom stereocenters. The third-order valence-electron chi connectivity index (χ3n) is 6.99. The van der Waals surface area contributed by atoms with Crippen molar-refractivity contribution in [1.29, 1.82) is 0 Å². The second-order valence-corrected chi connectivity index (χ2v) is 11.1. The quantitative estimate of drug-likeness (QED) is 0.107. The standard InChI is InChI=1S/C32H38N4O6S/c1-6-8-13-29-33-21(4)27(17-30(37)38)32(34-29)41-18-23-14-15-25(24(16-23)19-40-7-2)26-11-9-10-12-28(26)43-36(39)31-20(3)22(5)42-35-31/h9-12,14-16,39H,6-8,13,17-19H2,1-5H3,(H,37,38). The molecule has 2 N–H and O–H groups in total. The van der Waals surface area contributed by atoms with Gasteiger partial charge in [-0.25, -0.2) is 4.98 Å². The first-order chi connectivity index (χ1) is 20.7. The molecule has 0 amide bonds. The summed E-state index contributed by atoms with van der Waals surface area (Å²) >= 11 is 1.14. The first kappa shape index (κ1) is 32.0. The SMILES string of the molecule is CCCCc1nc(C)c(CC(=O)O)c(OCc2ccc(-c3ccccc3SN(O)c3noc(C)c3C)c(COCC)c2)n1. The maximum Gasteiger partial charge on any atom is 0.308 e. The van der Waals surface area contributed by atoms with Gasteiger partial charge in [0.25, 0.3) is 0 Å². The van der Waals surface area contributed by atoms with E-state index in [-0.39, 0.29) is 13.0 Å².